The second kappa shape index (κ2) is 56.5. The van der Waals surface area contributed by atoms with E-state index in [9.17, 15) is 19.0 Å². The molecule has 0 heterocycles. The number of carbonyl (C=O) groups excluding carboxylic acids is 2. The van der Waals surface area contributed by atoms with Crippen molar-refractivity contribution in [3.8, 4) is 0 Å². The van der Waals surface area contributed by atoms with Crippen molar-refractivity contribution in [3.05, 3.63) is 85.1 Å². The summed E-state index contributed by atoms with van der Waals surface area (Å²) in [6.07, 6.45) is 74.4. The summed E-state index contributed by atoms with van der Waals surface area (Å²) in [5.41, 5.74) is 0. The Labute approximate surface area is 476 Å². The van der Waals surface area contributed by atoms with Crippen molar-refractivity contribution in [2.24, 2.45) is 0 Å². The number of nitrogens with one attached hydrogen (secondary N) is 1. The van der Waals surface area contributed by atoms with Gasteiger partial charge in [-0.3, -0.25) is 18.6 Å². The summed E-state index contributed by atoms with van der Waals surface area (Å²) in [6, 6.07) is -0.863. The van der Waals surface area contributed by atoms with E-state index in [4.69, 9.17) is 13.8 Å². The molecule has 0 aromatic heterocycles. The molecule has 0 aliphatic carbocycles. The van der Waals surface area contributed by atoms with Gasteiger partial charge in [0.05, 0.1) is 33.8 Å². The maximum absolute atomic E-state index is 13.5. The molecule has 3 atom stereocenters. The second-order valence-electron chi connectivity index (χ2n) is 22.5. The number of likely N-dealkylation sites (N-methyl/N-ethyl adjacent to an activating group) is 1. The van der Waals surface area contributed by atoms with Crippen molar-refractivity contribution in [2.45, 2.75) is 290 Å². The van der Waals surface area contributed by atoms with E-state index in [0.717, 1.165) is 109 Å². The van der Waals surface area contributed by atoms with E-state index in [1.807, 2.05) is 33.3 Å². The third-order valence-electron chi connectivity index (χ3n) is 13.8. The van der Waals surface area contributed by atoms with Crippen LogP contribution < -0.4 is 5.32 Å². The van der Waals surface area contributed by atoms with E-state index in [1.165, 1.54) is 135 Å². The van der Waals surface area contributed by atoms with Gasteiger partial charge in [0.25, 0.3) is 0 Å². The van der Waals surface area contributed by atoms with E-state index in [1.54, 1.807) is 0 Å². The highest BCUT2D eigenvalue weighted by Gasteiger charge is 2.30. The highest BCUT2D eigenvalue weighted by atomic mass is 31.2. The molecule has 9 nitrogen and oxygen atoms in total. The van der Waals surface area contributed by atoms with Crippen LogP contribution in [0.2, 0.25) is 0 Å². The summed E-state index contributed by atoms with van der Waals surface area (Å²) in [5, 5.41) is 3.05. The number of phosphoric ester groups is 1. The van der Waals surface area contributed by atoms with Gasteiger partial charge in [0, 0.05) is 12.8 Å². The molecule has 0 aliphatic rings. The minimum atomic E-state index is -4.46. The number of rotatable bonds is 57. The van der Waals surface area contributed by atoms with Crippen LogP contribution in [0.5, 0.6) is 0 Å². The van der Waals surface area contributed by atoms with Crippen molar-refractivity contribution >= 4 is 19.7 Å². The molecule has 0 saturated heterocycles. The first kappa shape index (κ1) is 74.2. The summed E-state index contributed by atoms with van der Waals surface area (Å²) in [4.78, 5) is 37.7. The van der Waals surface area contributed by atoms with Crippen LogP contribution in [0.25, 0.3) is 0 Å². The van der Waals surface area contributed by atoms with Gasteiger partial charge in [0.1, 0.15) is 19.3 Å². The largest absolute Gasteiger partial charge is 0.472 e. The van der Waals surface area contributed by atoms with E-state index in [2.05, 4.69) is 99.0 Å². The van der Waals surface area contributed by atoms with E-state index >= 15 is 0 Å². The molecular formula is C67H122N2O7P+. The fraction of sp³-hybridized carbons (Fsp3) is 0.761. The molecule has 0 aliphatic heterocycles. The quantitative estimate of drug-likeness (QED) is 0.0205. The molecule has 77 heavy (non-hydrogen) atoms. The van der Waals surface area contributed by atoms with Crippen LogP contribution in [0.1, 0.15) is 278 Å². The Kier molecular flexibility index (Phi) is 54.4. The van der Waals surface area contributed by atoms with Gasteiger partial charge in [0.15, 0.2) is 0 Å². The van der Waals surface area contributed by atoms with Crippen LogP contribution in [0, 0.1) is 0 Å². The Hall–Kier alpha value is -2.81. The zero-order valence-corrected chi connectivity index (χ0v) is 51.8. The lowest BCUT2D eigenvalue weighted by Gasteiger charge is -2.27. The van der Waals surface area contributed by atoms with Crippen LogP contribution in [0.4, 0.5) is 0 Å². The van der Waals surface area contributed by atoms with Crippen molar-refractivity contribution in [3.63, 3.8) is 0 Å². The number of phosphoric acid groups is 1. The number of nitrogens with zero attached hydrogens (tertiary/aromatic N) is 1. The lowest BCUT2D eigenvalue weighted by molar-refractivity contribution is -0.870. The molecule has 1 amide bonds. The van der Waals surface area contributed by atoms with Crippen LogP contribution >= 0.6 is 7.82 Å². The minimum absolute atomic E-state index is 0.0327. The topological polar surface area (TPSA) is 111 Å². The van der Waals surface area contributed by atoms with Gasteiger partial charge in [-0.2, -0.15) is 0 Å². The molecule has 0 radical (unpaired) electrons. The van der Waals surface area contributed by atoms with Gasteiger partial charge >= 0.3 is 13.8 Å². The lowest BCUT2D eigenvalue weighted by Crippen LogP contribution is -2.47. The van der Waals surface area contributed by atoms with Gasteiger partial charge < -0.3 is 19.4 Å². The van der Waals surface area contributed by atoms with E-state index in [-0.39, 0.29) is 31.5 Å². The van der Waals surface area contributed by atoms with Crippen LogP contribution in [0.15, 0.2) is 85.1 Å². The fourth-order valence-corrected chi connectivity index (χ4v) is 9.64. The molecular weight excluding hydrogens is 976 g/mol. The van der Waals surface area contributed by atoms with Gasteiger partial charge in [0.2, 0.25) is 5.91 Å². The third kappa shape index (κ3) is 57.7. The fourth-order valence-electron chi connectivity index (χ4n) is 8.90. The number of ether oxygens (including phenoxy) is 1. The van der Waals surface area contributed by atoms with Gasteiger partial charge in [-0.25, -0.2) is 4.57 Å². The summed E-state index contributed by atoms with van der Waals surface area (Å²) in [6.45, 7) is 6.88. The molecule has 0 rings (SSSR count). The predicted octanol–water partition coefficient (Wildman–Crippen LogP) is 19.8. The van der Waals surface area contributed by atoms with Crippen molar-refractivity contribution < 1.29 is 37.3 Å². The molecule has 0 aromatic carbocycles. The number of unbranched alkanes of at least 4 members (excludes halogenated alkanes) is 29. The van der Waals surface area contributed by atoms with Crippen LogP contribution in [-0.2, 0) is 27.9 Å². The number of allylic oxidation sites excluding steroid dienone is 13. The third-order valence-corrected chi connectivity index (χ3v) is 14.8. The lowest BCUT2D eigenvalue weighted by atomic mass is 10.0. The molecule has 10 heteroatoms. The average molecular weight is 1100 g/mol. The number of quaternary nitrogens is 1. The molecule has 3 unspecified atom stereocenters. The standard InChI is InChI=1S/C67H121N2O7P/c1-7-10-13-16-19-22-25-27-29-31-33-34-36-37-39-41-44-47-50-53-56-59-66(70)68-64(63-75-77(72,73)74-62-61-69(4,5)6)65(58-55-52-49-46-43-24-21-18-15-12-9-3)76-67(71)60-57-54-51-48-45-42-40-38-35-32-30-28-26-23-20-17-14-11-8-2/h10,13,19,22,27-30,33-34,37,39,55,58,64-65H,7-9,11-12,14-18,20-21,23-26,31-32,35-36,38,40-54,56-57,59-63H2,1-6H3,(H-,68,70,72,73)/p+1/b13-10-,22-19-,29-27-,30-28+,34-33-,39-37-,58-55+. The first-order valence-electron chi connectivity index (χ1n) is 31.9. The molecule has 0 spiro atoms. The Bertz CT molecular complexity index is 1590. The number of carbonyl (C=O) groups is 2. The highest BCUT2D eigenvalue weighted by molar-refractivity contribution is 7.47. The zero-order valence-electron chi connectivity index (χ0n) is 50.9. The predicted molar refractivity (Wildman–Crippen MR) is 332 cm³/mol. The summed E-state index contributed by atoms with van der Waals surface area (Å²) in [7, 11) is 1.47. The van der Waals surface area contributed by atoms with Crippen LogP contribution in [0.3, 0.4) is 0 Å². The van der Waals surface area contributed by atoms with E-state index in [0.29, 0.717) is 17.4 Å². The normalized spacial score (nSPS) is 14.2. The smallest absolute Gasteiger partial charge is 0.456 e. The number of esters is 1. The molecule has 446 valence electrons. The average Bonchev–Trinajstić information content (AvgIpc) is 3.39. The number of hydrogen-bond acceptors (Lipinski definition) is 6. The Morgan fingerprint density at radius 3 is 1.26 bits per heavy atom. The molecule has 0 fully saturated rings. The Morgan fingerprint density at radius 2 is 0.831 bits per heavy atom. The van der Waals surface area contributed by atoms with Gasteiger partial charge in [-0.05, 0) is 102 Å². The highest BCUT2D eigenvalue weighted by Crippen LogP contribution is 2.43. The summed E-state index contributed by atoms with van der Waals surface area (Å²) >= 11 is 0. The minimum Gasteiger partial charge on any atom is -0.456 e. The second-order valence-corrected chi connectivity index (χ2v) is 24.0. The molecule has 0 aromatic rings. The maximum Gasteiger partial charge on any atom is 0.472 e. The van der Waals surface area contributed by atoms with Gasteiger partial charge in [-0.1, -0.05) is 247 Å². The number of amides is 1. The van der Waals surface area contributed by atoms with Crippen molar-refractivity contribution in [1.29, 1.82) is 0 Å². The Balaban J connectivity index is 5.23. The van der Waals surface area contributed by atoms with Crippen LogP contribution in [-0.4, -0.2) is 74.3 Å². The van der Waals surface area contributed by atoms with Crippen molar-refractivity contribution in [1.82, 2.24) is 5.32 Å². The molecule has 0 bridgehead atoms. The number of hydrogen-bond donors (Lipinski definition) is 2. The van der Waals surface area contributed by atoms with E-state index < -0.39 is 20.0 Å². The maximum atomic E-state index is 13.5. The zero-order chi connectivity index (χ0) is 56.4. The van der Waals surface area contributed by atoms with Gasteiger partial charge in [-0.15, -0.1) is 0 Å². The molecule has 0 saturated carbocycles. The SMILES string of the molecule is CC/C=C\C/C=C\C/C=C\C/C=C\C/C=C\CCCCCCCC(=O)NC(COP(=O)(O)OCC[N+](C)(C)C)C(/C=C/CCCCCCCCCCC)OC(=O)CCCCCCCCCCC/C=C/CCCCCCCC. The first-order valence-corrected chi connectivity index (χ1v) is 33.4. The summed E-state index contributed by atoms with van der Waals surface area (Å²) in [5.74, 6) is -0.529. The molecule has 2 N–H and O–H groups in total. The van der Waals surface area contributed by atoms with Crippen molar-refractivity contribution in [2.75, 3.05) is 40.9 Å². The summed E-state index contributed by atoms with van der Waals surface area (Å²) < 4.78 is 30.7. The monoisotopic (exact) mass is 1100 g/mol. The first-order chi connectivity index (χ1) is 37.4. The Morgan fingerprint density at radius 1 is 0.468 bits per heavy atom.